The lowest BCUT2D eigenvalue weighted by molar-refractivity contribution is -0.141. The van der Waals surface area contributed by atoms with Gasteiger partial charge in [-0.2, -0.15) is 0 Å². The minimum Gasteiger partial charge on any atom is -0.444 e. The third kappa shape index (κ3) is 7.86. The molecule has 3 aromatic rings. The minimum atomic E-state index is -0.911. The maximum Gasteiger partial charge on any atom is 0.411 e. The van der Waals surface area contributed by atoms with Crippen molar-refractivity contribution >= 4 is 41.1 Å². The van der Waals surface area contributed by atoms with Gasteiger partial charge in [-0.05, 0) is 81.0 Å². The highest BCUT2D eigenvalue weighted by Gasteiger charge is 2.54. The monoisotopic (exact) mass is 713 g/mol. The Hall–Kier alpha value is -4.57. The Morgan fingerprint density at radius 3 is 2.24 bits per heavy atom. The van der Waals surface area contributed by atoms with Crippen LogP contribution in [-0.2, 0) is 38.5 Å². The number of amides is 4. The van der Waals surface area contributed by atoms with Gasteiger partial charge in [-0.3, -0.25) is 19.3 Å². The number of piperidine rings is 1. The van der Waals surface area contributed by atoms with Gasteiger partial charge >= 0.3 is 6.09 Å². The zero-order chi connectivity index (χ0) is 36.3. The van der Waals surface area contributed by atoms with E-state index < -0.39 is 35.2 Å². The Kier molecular flexibility index (Phi) is 10.6. The van der Waals surface area contributed by atoms with Gasteiger partial charge in [-0.25, -0.2) is 4.79 Å². The second-order valence-electron chi connectivity index (χ2n) is 14.8. The summed E-state index contributed by atoms with van der Waals surface area (Å²) in [4.78, 5) is 63.5. The fraction of sp³-hybridized carbons (Fsp3) is 0.450. The second-order valence-corrected chi connectivity index (χ2v) is 15.3. The number of ether oxygens (including phenoxy) is 1. The molecule has 0 aliphatic carbocycles. The van der Waals surface area contributed by atoms with Crippen molar-refractivity contribution in [1.29, 1.82) is 0 Å². The molecule has 3 aliphatic rings. The van der Waals surface area contributed by atoms with Crippen LogP contribution in [0.3, 0.4) is 0 Å². The van der Waals surface area contributed by atoms with E-state index in [0.717, 1.165) is 28.8 Å². The van der Waals surface area contributed by atoms with Crippen LogP contribution in [0.4, 0.5) is 10.5 Å². The molecule has 3 heterocycles. The zero-order valence-electron chi connectivity index (χ0n) is 29.9. The van der Waals surface area contributed by atoms with Crippen molar-refractivity contribution in [2.45, 2.75) is 89.6 Å². The molecule has 2 atom stereocenters. The first-order chi connectivity index (χ1) is 24.4. The molecule has 2 fully saturated rings. The predicted molar refractivity (Wildman–Crippen MR) is 197 cm³/mol. The molecular formula is C40H48ClN5O5. The van der Waals surface area contributed by atoms with Gasteiger partial charge in [0.15, 0.2) is 0 Å². The van der Waals surface area contributed by atoms with Crippen LogP contribution in [0.15, 0.2) is 78.9 Å². The van der Waals surface area contributed by atoms with Gasteiger partial charge in [0, 0.05) is 43.2 Å². The van der Waals surface area contributed by atoms with Crippen LogP contribution in [-0.4, -0.2) is 88.0 Å². The Bertz CT molecular complexity index is 1740. The minimum absolute atomic E-state index is 0.103. The van der Waals surface area contributed by atoms with Crippen LogP contribution in [0.25, 0.3) is 0 Å². The lowest BCUT2D eigenvalue weighted by Crippen LogP contribution is -2.61. The van der Waals surface area contributed by atoms with Crippen LogP contribution < -0.4 is 10.2 Å². The summed E-state index contributed by atoms with van der Waals surface area (Å²) in [5, 5.41) is 3.63. The van der Waals surface area contributed by atoms with E-state index in [1.165, 1.54) is 4.90 Å². The molecule has 51 heavy (non-hydrogen) atoms. The summed E-state index contributed by atoms with van der Waals surface area (Å²) >= 11 is 6.18. The van der Waals surface area contributed by atoms with Crippen molar-refractivity contribution in [2.24, 2.45) is 0 Å². The molecule has 10 nitrogen and oxygen atoms in total. The molecule has 1 spiro atoms. The number of carbonyl (C=O) groups excluding carboxylic acids is 4. The van der Waals surface area contributed by atoms with Crippen molar-refractivity contribution in [1.82, 2.24) is 20.0 Å². The largest absolute Gasteiger partial charge is 0.444 e. The van der Waals surface area contributed by atoms with Crippen LogP contribution in [0.1, 0.15) is 63.6 Å². The van der Waals surface area contributed by atoms with Crippen molar-refractivity contribution in [3.8, 4) is 0 Å². The Morgan fingerprint density at radius 1 is 0.941 bits per heavy atom. The molecule has 1 N–H and O–H groups in total. The number of hydrogen-bond acceptors (Lipinski definition) is 6. The van der Waals surface area contributed by atoms with E-state index in [4.69, 9.17) is 16.3 Å². The number of benzene rings is 3. The fourth-order valence-corrected chi connectivity index (χ4v) is 7.68. The van der Waals surface area contributed by atoms with Gasteiger partial charge in [0.25, 0.3) is 0 Å². The summed E-state index contributed by atoms with van der Waals surface area (Å²) in [5.41, 5.74) is 2.25. The number of fused-ring (bicyclic) bond motifs is 1. The van der Waals surface area contributed by atoms with Crippen LogP contribution in [0, 0.1) is 0 Å². The smallest absolute Gasteiger partial charge is 0.411 e. The lowest BCUT2D eigenvalue weighted by atomic mass is 9.85. The SMILES string of the molecule is CCCN1CN(c2ccccc2)C2(CCN(C(=O)C(Cc3ccc(Cl)cc3)NC(=O)C3Cc4ccccc4CN3C(=O)OC(C)(C)C)CC2)C1=O. The maximum absolute atomic E-state index is 14.5. The van der Waals surface area contributed by atoms with E-state index in [0.29, 0.717) is 50.6 Å². The van der Waals surface area contributed by atoms with Crippen LogP contribution >= 0.6 is 11.6 Å². The van der Waals surface area contributed by atoms with Gasteiger partial charge < -0.3 is 24.8 Å². The molecule has 0 aromatic heterocycles. The van der Waals surface area contributed by atoms with Crippen molar-refractivity contribution in [3.05, 3.63) is 101 Å². The van der Waals surface area contributed by atoms with Gasteiger partial charge in [0.2, 0.25) is 17.7 Å². The Balaban J connectivity index is 1.24. The van der Waals surface area contributed by atoms with E-state index in [1.54, 1.807) is 37.8 Å². The van der Waals surface area contributed by atoms with Crippen molar-refractivity contribution in [2.75, 3.05) is 31.2 Å². The third-order valence-electron chi connectivity index (χ3n) is 10.1. The number of hydrogen-bond donors (Lipinski definition) is 1. The summed E-state index contributed by atoms with van der Waals surface area (Å²) in [6.45, 7) is 9.58. The predicted octanol–water partition coefficient (Wildman–Crippen LogP) is 5.81. The molecule has 0 bridgehead atoms. The number of likely N-dealkylation sites (tertiary alicyclic amines) is 1. The topological polar surface area (TPSA) is 102 Å². The molecule has 0 radical (unpaired) electrons. The highest BCUT2D eigenvalue weighted by atomic mass is 35.5. The normalized spacial score (nSPS) is 19.2. The zero-order valence-corrected chi connectivity index (χ0v) is 30.7. The summed E-state index contributed by atoms with van der Waals surface area (Å²) in [5.74, 6) is -0.547. The molecule has 2 saturated heterocycles. The Morgan fingerprint density at radius 2 is 1.59 bits per heavy atom. The number of nitrogens with zero attached hydrogens (tertiary/aromatic N) is 4. The fourth-order valence-electron chi connectivity index (χ4n) is 7.55. The molecule has 2 unspecified atom stereocenters. The summed E-state index contributed by atoms with van der Waals surface area (Å²) in [7, 11) is 0. The summed E-state index contributed by atoms with van der Waals surface area (Å²) in [6, 6.07) is 23.2. The molecule has 6 rings (SSSR count). The number of halogens is 1. The van der Waals surface area contributed by atoms with E-state index >= 15 is 0 Å². The highest BCUT2D eigenvalue weighted by molar-refractivity contribution is 6.30. The van der Waals surface area contributed by atoms with E-state index in [9.17, 15) is 19.2 Å². The molecule has 3 aromatic carbocycles. The number of nitrogens with one attached hydrogen (secondary N) is 1. The molecule has 11 heteroatoms. The van der Waals surface area contributed by atoms with Gasteiger partial charge in [-0.15, -0.1) is 0 Å². The summed E-state index contributed by atoms with van der Waals surface area (Å²) in [6.07, 6.45) is 1.75. The maximum atomic E-state index is 14.5. The van der Waals surface area contributed by atoms with Crippen LogP contribution in [0.5, 0.6) is 0 Å². The van der Waals surface area contributed by atoms with E-state index in [2.05, 4.69) is 17.1 Å². The van der Waals surface area contributed by atoms with E-state index in [1.807, 2.05) is 71.6 Å². The van der Waals surface area contributed by atoms with Gasteiger partial charge in [0.1, 0.15) is 23.2 Å². The molecule has 4 amide bonds. The first kappa shape index (κ1) is 36.2. The van der Waals surface area contributed by atoms with Gasteiger partial charge in [-0.1, -0.05) is 73.1 Å². The molecule has 270 valence electrons. The number of rotatable bonds is 8. The Labute approximate surface area is 305 Å². The first-order valence-electron chi connectivity index (χ1n) is 17.9. The number of para-hydroxylation sites is 1. The first-order valence-corrected chi connectivity index (χ1v) is 18.3. The second kappa shape index (κ2) is 15.0. The van der Waals surface area contributed by atoms with E-state index in [-0.39, 0.29) is 24.8 Å². The lowest BCUT2D eigenvalue weighted by Gasteiger charge is -2.44. The average Bonchev–Trinajstić information content (AvgIpc) is 3.37. The molecular weight excluding hydrogens is 666 g/mol. The number of carbonyl (C=O) groups is 4. The number of anilines is 1. The standard InChI is InChI=1S/C40H48ClN5O5/c1-5-21-44-27-46(32-13-7-6-8-14-32)40(37(44)49)19-22-43(23-20-40)36(48)33(24-28-15-17-31(41)18-16-28)42-35(47)34-25-29-11-9-10-12-30(29)26-45(34)38(50)51-39(2,3)4/h6-18,33-34H,5,19-27H2,1-4H3,(H,42,47). The van der Waals surface area contributed by atoms with Crippen molar-refractivity contribution < 1.29 is 23.9 Å². The molecule has 3 aliphatic heterocycles. The molecule has 0 saturated carbocycles. The van der Waals surface area contributed by atoms with Gasteiger partial charge in [0.05, 0.1) is 13.2 Å². The quantitative estimate of drug-likeness (QED) is 0.317. The van der Waals surface area contributed by atoms with Crippen molar-refractivity contribution in [3.63, 3.8) is 0 Å². The third-order valence-corrected chi connectivity index (χ3v) is 10.4. The van der Waals surface area contributed by atoms with Crippen LogP contribution in [0.2, 0.25) is 5.02 Å². The average molecular weight is 714 g/mol. The summed E-state index contributed by atoms with van der Waals surface area (Å²) < 4.78 is 5.73. The highest BCUT2D eigenvalue weighted by Crippen LogP contribution is 2.40.